The van der Waals surface area contributed by atoms with Crippen LogP contribution < -0.4 is 10.2 Å². The van der Waals surface area contributed by atoms with Crippen molar-refractivity contribution in [1.82, 2.24) is 19.9 Å². The predicted molar refractivity (Wildman–Crippen MR) is 126 cm³/mol. The van der Waals surface area contributed by atoms with E-state index in [0.29, 0.717) is 18.2 Å². The van der Waals surface area contributed by atoms with Crippen LogP contribution in [0.2, 0.25) is 0 Å². The fourth-order valence-corrected chi connectivity index (χ4v) is 5.37. The summed E-state index contributed by atoms with van der Waals surface area (Å²) in [6.07, 6.45) is 0.0845. The molecule has 0 bridgehead atoms. The SMILES string of the molecule is Cc1nc(N(C)C)nc(NC2CC(C(C)(C)O)C(O)C2O)c1-c1nc2c(C)nccc2s1. The number of nitrogens with zero attached hydrogens (tertiary/aromatic N) is 5. The summed E-state index contributed by atoms with van der Waals surface area (Å²) in [6, 6.07) is 1.45. The fourth-order valence-electron chi connectivity index (χ4n) is 4.26. The highest BCUT2D eigenvalue weighted by Gasteiger charge is 2.48. The summed E-state index contributed by atoms with van der Waals surface area (Å²) in [6.45, 7) is 7.14. The minimum absolute atomic E-state index is 0.397. The highest BCUT2D eigenvalue weighted by molar-refractivity contribution is 7.21. The van der Waals surface area contributed by atoms with Crippen molar-refractivity contribution in [2.45, 2.75) is 58.0 Å². The van der Waals surface area contributed by atoms with E-state index in [-0.39, 0.29) is 0 Å². The Kier molecular flexibility index (Phi) is 5.83. The zero-order chi connectivity index (χ0) is 23.4. The topological polar surface area (TPSA) is 128 Å². The average Bonchev–Trinajstić information content (AvgIpc) is 3.25. The molecule has 1 fully saturated rings. The number of aliphatic hydroxyl groups is 3. The van der Waals surface area contributed by atoms with E-state index in [0.717, 1.165) is 32.2 Å². The smallest absolute Gasteiger partial charge is 0.227 e. The second-order valence-corrected chi connectivity index (χ2v) is 10.2. The number of aryl methyl sites for hydroxylation is 2. The molecule has 4 N–H and O–H groups in total. The van der Waals surface area contributed by atoms with E-state index in [1.54, 1.807) is 20.0 Å². The Morgan fingerprint density at radius 3 is 2.41 bits per heavy atom. The third kappa shape index (κ3) is 4.03. The number of thiazole rings is 1. The first kappa shape index (κ1) is 22.8. The number of hydrogen-bond donors (Lipinski definition) is 4. The number of aromatic nitrogens is 4. The van der Waals surface area contributed by atoms with Gasteiger partial charge in [-0.2, -0.15) is 4.98 Å². The molecule has 4 rings (SSSR count). The quantitative estimate of drug-likeness (QED) is 0.454. The Balaban J connectivity index is 1.79. The molecule has 32 heavy (non-hydrogen) atoms. The molecule has 10 heteroatoms. The van der Waals surface area contributed by atoms with Crippen LogP contribution in [0.15, 0.2) is 12.3 Å². The van der Waals surface area contributed by atoms with Crippen molar-refractivity contribution in [2.24, 2.45) is 5.92 Å². The lowest BCUT2D eigenvalue weighted by molar-refractivity contribution is -0.0601. The van der Waals surface area contributed by atoms with Gasteiger partial charge in [0.25, 0.3) is 0 Å². The molecule has 172 valence electrons. The maximum absolute atomic E-state index is 10.7. The summed E-state index contributed by atoms with van der Waals surface area (Å²) >= 11 is 1.53. The molecule has 0 spiro atoms. The number of nitrogens with one attached hydrogen (secondary N) is 1. The molecule has 1 aliphatic rings. The summed E-state index contributed by atoms with van der Waals surface area (Å²) in [7, 11) is 3.73. The first-order chi connectivity index (χ1) is 15.0. The standard InChI is InChI=1S/C22H30N6O3S/c1-10-15(20-26-16-11(2)23-8-7-14(16)32-20)19(27-21(24-10)28(5)6)25-13-9-12(22(3,4)31)17(29)18(13)30/h7-8,12-13,17-18,29-31H,9H2,1-6H3,(H,24,25,27). The molecule has 1 saturated carbocycles. The minimum Gasteiger partial charge on any atom is -0.390 e. The van der Waals surface area contributed by atoms with Crippen molar-refractivity contribution in [3.05, 3.63) is 23.7 Å². The van der Waals surface area contributed by atoms with Crippen LogP contribution in [0.5, 0.6) is 0 Å². The highest BCUT2D eigenvalue weighted by atomic mass is 32.1. The molecule has 0 aromatic carbocycles. The van der Waals surface area contributed by atoms with E-state index >= 15 is 0 Å². The Bertz CT molecular complexity index is 1140. The Morgan fingerprint density at radius 1 is 1.09 bits per heavy atom. The van der Waals surface area contributed by atoms with Gasteiger partial charge >= 0.3 is 0 Å². The van der Waals surface area contributed by atoms with E-state index in [4.69, 9.17) is 9.97 Å². The highest BCUT2D eigenvalue weighted by Crippen LogP contribution is 2.40. The van der Waals surface area contributed by atoms with E-state index in [9.17, 15) is 15.3 Å². The van der Waals surface area contributed by atoms with Crippen LogP contribution in [0, 0.1) is 19.8 Å². The van der Waals surface area contributed by atoms with E-state index in [1.807, 2.05) is 38.9 Å². The van der Waals surface area contributed by atoms with E-state index < -0.39 is 29.8 Å². The van der Waals surface area contributed by atoms with Crippen molar-refractivity contribution in [1.29, 1.82) is 0 Å². The van der Waals surface area contributed by atoms with Crippen molar-refractivity contribution in [3.63, 3.8) is 0 Å². The van der Waals surface area contributed by atoms with E-state index in [2.05, 4.69) is 15.3 Å². The Hall–Kier alpha value is -2.40. The summed E-state index contributed by atoms with van der Waals surface area (Å²) < 4.78 is 1.02. The zero-order valence-corrected chi connectivity index (χ0v) is 20.0. The number of pyridine rings is 1. The van der Waals surface area contributed by atoms with Gasteiger partial charge in [-0.3, -0.25) is 4.98 Å². The monoisotopic (exact) mass is 458 g/mol. The lowest BCUT2D eigenvalue weighted by atomic mass is 9.88. The number of fused-ring (bicyclic) bond motifs is 1. The molecule has 4 unspecified atom stereocenters. The summed E-state index contributed by atoms with van der Waals surface area (Å²) in [5, 5.41) is 35.8. The largest absolute Gasteiger partial charge is 0.390 e. The zero-order valence-electron chi connectivity index (χ0n) is 19.2. The maximum Gasteiger partial charge on any atom is 0.227 e. The molecule has 3 heterocycles. The van der Waals surface area contributed by atoms with Crippen molar-refractivity contribution >= 4 is 33.3 Å². The van der Waals surface area contributed by atoms with Gasteiger partial charge in [-0.15, -0.1) is 11.3 Å². The van der Waals surface area contributed by atoms with Crippen LogP contribution in [0.3, 0.4) is 0 Å². The third-order valence-corrected chi connectivity index (χ3v) is 7.13. The van der Waals surface area contributed by atoms with Crippen LogP contribution in [-0.4, -0.2) is 73.2 Å². The van der Waals surface area contributed by atoms with Gasteiger partial charge in [-0.25, -0.2) is 9.97 Å². The minimum atomic E-state index is -1.12. The molecule has 0 saturated heterocycles. The fraction of sp³-hybridized carbons (Fsp3) is 0.545. The Labute approximate surface area is 191 Å². The van der Waals surface area contributed by atoms with E-state index in [1.165, 1.54) is 11.3 Å². The van der Waals surface area contributed by atoms with Gasteiger partial charge in [0.05, 0.1) is 39.4 Å². The van der Waals surface area contributed by atoms with Crippen molar-refractivity contribution < 1.29 is 15.3 Å². The molecule has 4 atom stereocenters. The molecule has 0 radical (unpaired) electrons. The van der Waals surface area contributed by atoms with Crippen molar-refractivity contribution in [2.75, 3.05) is 24.3 Å². The molecular formula is C22H30N6O3S. The van der Waals surface area contributed by atoms with Crippen LogP contribution in [0.4, 0.5) is 11.8 Å². The van der Waals surface area contributed by atoms with Gasteiger partial charge in [0, 0.05) is 26.2 Å². The van der Waals surface area contributed by atoms with Gasteiger partial charge in [0.15, 0.2) is 0 Å². The van der Waals surface area contributed by atoms with Gasteiger partial charge in [-0.1, -0.05) is 0 Å². The number of rotatable bonds is 5. The second kappa shape index (κ2) is 8.18. The van der Waals surface area contributed by atoms with Gasteiger partial charge in [-0.05, 0) is 40.2 Å². The second-order valence-electron chi connectivity index (χ2n) is 9.22. The average molecular weight is 459 g/mol. The Morgan fingerprint density at radius 2 is 1.81 bits per heavy atom. The summed E-state index contributed by atoms with van der Waals surface area (Å²) in [5.74, 6) is 0.601. The summed E-state index contributed by atoms with van der Waals surface area (Å²) in [4.78, 5) is 20.3. The summed E-state index contributed by atoms with van der Waals surface area (Å²) in [5.41, 5.74) is 2.08. The molecule has 1 aliphatic carbocycles. The first-order valence-electron chi connectivity index (χ1n) is 10.6. The number of aliphatic hydroxyl groups excluding tert-OH is 2. The molecule has 0 amide bonds. The number of hydrogen-bond acceptors (Lipinski definition) is 10. The van der Waals surface area contributed by atoms with Gasteiger partial charge in [0.1, 0.15) is 22.4 Å². The van der Waals surface area contributed by atoms with Crippen LogP contribution in [0.1, 0.15) is 31.7 Å². The van der Waals surface area contributed by atoms with Crippen LogP contribution in [-0.2, 0) is 0 Å². The predicted octanol–water partition coefficient (Wildman–Crippen LogP) is 2.12. The maximum atomic E-state index is 10.7. The third-order valence-electron chi connectivity index (χ3n) is 6.09. The van der Waals surface area contributed by atoms with Gasteiger partial charge < -0.3 is 25.5 Å². The molecular weight excluding hydrogens is 428 g/mol. The molecule has 9 nitrogen and oxygen atoms in total. The molecule has 0 aliphatic heterocycles. The van der Waals surface area contributed by atoms with Crippen molar-refractivity contribution in [3.8, 4) is 10.6 Å². The van der Waals surface area contributed by atoms with Gasteiger partial charge in [0.2, 0.25) is 5.95 Å². The molecule has 3 aromatic rings. The lowest BCUT2D eigenvalue weighted by Gasteiger charge is -2.28. The lowest BCUT2D eigenvalue weighted by Crippen LogP contribution is -2.40. The first-order valence-corrected chi connectivity index (χ1v) is 11.4. The molecule has 3 aromatic heterocycles. The van der Waals surface area contributed by atoms with Crippen LogP contribution >= 0.6 is 11.3 Å². The normalized spacial score (nSPS) is 23.7. The number of anilines is 2. The van der Waals surface area contributed by atoms with Crippen LogP contribution in [0.25, 0.3) is 20.8 Å².